The molecule has 1 aromatic heterocycles. The Bertz CT molecular complexity index is 277. The van der Waals surface area contributed by atoms with Crippen molar-refractivity contribution in [2.24, 2.45) is 0 Å². The van der Waals surface area contributed by atoms with E-state index in [0.717, 1.165) is 8.95 Å². The average Bonchev–Trinajstić information content (AvgIpc) is 1.95. The van der Waals surface area contributed by atoms with Gasteiger partial charge in [0.05, 0.1) is 4.47 Å². The van der Waals surface area contributed by atoms with E-state index in [1.165, 1.54) is 0 Å². The van der Waals surface area contributed by atoms with Gasteiger partial charge in [-0.1, -0.05) is 0 Å². The first kappa shape index (κ1) is 8.67. The summed E-state index contributed by atoms with van der Waals surface area (Å²) in [5, 5.41) is 2.44. The summed E-state index contributed by atoms with van der Waals surface area (Å²) < 4.78 is 1.61. The van der Waals surface area contributed by atoms with Gasteiger partial charge >= 0.3 is 0 Å². The first-order valence-electron chi connectivity index (χ1n) is 2.75. The monoisotopic (exact) mass is 278 g/mol. The Balaban J connectivity index is 2.98. The van der Waals surface area contributed by atoms with Crippen LogP contribution in [-0.2, 0) is 4.79 Å². The first-order chi connectivity index (χ1) is 5.24. The molecule has 0 saturated heterocycles. The molecule has 0 bridgehead atoms. The second-order valence-corrected chi connectivity index (χ2v) is 3.52. The summed E-state index contributed by atoms with van der Waals surface area (Å²) in [5.41, 5.74) is 0. The van der Waals surface area contributed by atoms with E-state index < -0.39 is 0 Å². The van der Waals surface area contributed by atoms with Gasteiger partial charge in [0, 0.05) is 10.7 Å². The van der Waals surface area contributed by atoms with Gasteiger partial charge in [0.25, 0.3) is 0 Å². The Hall–Kier alpha value is -0.420. The molecule has 1 N–H and O–H groups in total. The number of amides is 1. The van der Waals surface area contributed by atoms with E-state index in [4.69, 9.17) is 0 Å². The number of carbonyl (C=O) groups is 1. The number of pyridine rings is 1. The molecule has 5 heteroatoms. The minimum Gasteiger partial charge on any atom is -0.312 e. The molecule has 1 rings (SSSR count). The third-order valence-electron chi connectivity index (χ3n) is 1.00. The molecule has 0 spiro atoms. The smallest absolute Gasteiger partial charge is 0.212 e. The second kappa shape index (κ2) is 3.82. The second-order valence-electron chi connectivity index (χ2n) is 1.75. The Morgan fingerprint density at radius 2 is 2.27 bits per heavy atom. The van der Waals surface area contributed by atoms with Crippen LogP contribution in [0.1, 0.15) is 0 Å². The molecule has 0 aliphatic heterocycles. The standard InChI is InChI=1S/C6H4Br2N2O/c7-4-1-5(8)6(9-2-4)10-3-11/h1-3H,(H,9,10,11). The number of nitrogens with one attached hydrogen (secondary N) is 1. The maximum absolute atomic E-state index is 10.0. The number of hydrogen-bond acceptors (Lipinski definition) is 2. The molecular weight excluding hydrogens is 276 g/mol. The summed E-state index contributed by atoms with van der Waals surface area (Å²) in [6.07, 6.45) is 2.19. The molecule has 0 aliphatic carbocycles. The van der Waals surface area contributed by atoms with Gasteiger partial charge in [0.1, 0.15) is 5.82 Å². The van der Waals surface area contributed by atoms with Crippen LogP contribution in [0.15, 0.2) is 21.2 Å². The molecule has 11 heavy (non-hydrogen) atoms. The van der Waals surface area contributed by atoms with E-state index >= 15 is 0 Å². The van der Waals surface area contributed by atoms with Crippen LogP contribution in [-0.4, -0.2) is 11.4 Å². The van der Waals surface area contributed by atoms with E-state index in [2.05, 4.69) is 42.2 Å². The van der Waals surface area contributed by atoms with Crippen molar-refractivity contribution in [2.45, 2.75) is 0 Å². The van der Waals surface area contributed by atoms with Crippen molar-refractivity contribution in [3.05, 3.63) is 21.2 Å². The lowest BCUT2D eigenvalue weighted by atomic mass is 10.5. The van der Waals surface area contributed by atoms with Crippen LogP contribution >= 0.6 is 31.9 Å². The summed E-state index contributed by atoms with van der Waals surface area (Å²) in [6, 6.07) is 1.80. The minimum absolute atomic E-state index is 0.517. The zero-order valence-electron chi connectivity index (χ0n) is 5.34. The summed E-state index contributed by atoms with van der Waals surface area (Å²) in [7, 11) is 0. The van der Waals surface area contributed by atoms with E-state index in [1.807, 2.05) is 0 Å². The summed E-state index contributed by atoms with van der Waals surface area (Å²) in [6.45, 7) is 0. The Morgan fingerprint density at radius 1 is 1.55 bits per heavy atom. The fourth-order valence-electron chi connectivity index (χ4n) is 0.577. The highest BCUT2D eigenvalue weighted by Gasteiger charge is 1.99. The highest BCUT2D eigenvalue weighted by molar-refractivity contribution is 9.11. The molecule has 0 unspecified atom stereocenters. The fourth-order valence-corrected chi connectivity index (χ4v) is 1.68. The topological polar surface area (TPSA) is 42.0 Å². The quantitative estimate of drug-likeness (QED) is 0.843. The zero-order valence-corrected chi connectivity index (χ0v) is 8.52. The summed E-state index contributed by atoms with van der Waals surface area (Å²) in [5.74, 6) is 0.517. The number of halogens is 2. The van der Waals surface area contributed by atoms with Crippen LogP contribution in [0.5, 0.6) is 0 Å². The van der Waals surface area contributed by atoms with Gasteiger partial charge in [-0.25, -0.2) is 4.98 Å². The molecule has 0 radical (unpaired) electrons. The third-order valence-corrected chi connectivity index (χ3v) is 2.04. The highest BCUT2D eigenvalue weighted by Crippen LogP contribution is 2.22. The molecule has 58 valence electrons. The van der Waals surface area contributed by atoms with Crippen LogP contribution in [0.25, 0.3) is 0 Å². The van der Waals surface area contributed by atoms with Gasteiger partial charge in [-0.15, -0.1) is 0 Å². The normalized spacial score (nSPS) is 9.27. The molecule has 0 fully saturated rings. The van der Waals surface area contributed by atoms with Gasteiger partial charge < -0.3 is 5.32 Å². The number of aromatic nitrogens is 1. The van der Waals surface area contributed by atoms with Gasteiger partial charge in [0.2, 0.25) is 6.41 Å². The van der Waals surface area contributed by atoms with Gasteiger partial charge in [-0.2, -0.15) is 0 Å². The van der Waals surface area contributed by atoms with Crippen molar-refractivity contribution in [3.63, 3.8) is 0 Å². The first-order valence-corrected chi connectivity index (χ1v) is 4.34. The maximum Gasteiger partial charge on any atom is 0.212 e. The summed E-state index contributed by atoms with van der Waals surface area (Å²) >= 11 is 6.47. The number of nitrogens with zero attached hydrogens (tertiary/aromatic N) is 1. The highest BCUT2D eigenvalue weighted by atomic mass is 79.9. The lowest BCUT2D eigenvalue weighted by Gasteiger charge is -1.99. The molecule has 0 saturated carbocycles. The van der Waals surface area contributed by atoms with Crippen molar-refractivity contribution < 1.29 is 4.79 Å². The third kappa shape index (κ3) is 2.27. The largest absolute Gasteiger partial charge is 0.312 e. The van der Waals surface area contributed by atoms with Crippen molar-refractivity contribution in [2.75, 3.05) is 5.32 Å². The zero-order chi connectivity index (χ0) is 8.27. The predicted molar refractivity (Wildman–Crippen MR) is 49.3 cm³/mol. The van der Waals surface area contributed by atoms with Crippen molar-refractivity contribution in [1.29, 1.82) is 0 Å². The molecule has 0 aromatic carbocycles. The van der Waals surface area contributed by atoms with Crippen LogP contribution in [0.4, 0.5) is 5.82 Å². The fraction of sp³-hybridized carbons (Fsp3) is 0. The maximum atomic E-state index is 10.0. The SMILES string of the molecule is O=CNc1ncc(Br)cc1Br. The Morgan fingerprint density at radius 3 is 2.82 bits per heavy atom. The van der Waals surface area contributed by atoms with Gasteiger partial charge in [-0.05, 0) is 37.9 Å². The number of rotatable bonds is 2. The van der Waals surface area contributed by atoms with Crippen molar-refractivity contribution in [1.82, 2.24) is 4.98 Å². The van der Waals surface area contributed by atoms with Crippen LogP contribution < -0.4 is 5.32 Å². The molecule has 0 aliphatic rings. The van der Waals surface area contributed by atoms with Crippen LogP contribution in [0.2, 0.25) is 0 Å². The predicted octanol–water partition coefficient (Wildman–Crippen LogP) is 2.17. The minimum atomic E-state index is 0.517. The summed E-state index contributed by atoms with van der Waals surface area (Å²) in [4.78, 5) is 14.0. The number of carbonyl (C=O) groups excluding carboxylic acids is 1. The molecule has 3 nitrogen and oxygen atoms in total. The van der Waals surface area contributed by atoms with Crippen LogP contribution in [0.3, 0.4) is 0 Å². The van der Waals surface area contributed by atoms with Crippen molar-refractivity contribution in [3.8, 4) is 0 Å². The van der Waals surface area contributed by atoms with Crippen molar-refractivity contribution >= 4 is 44.1 Å². The number of hydrogen-bond donors (Lipinski definition) is 1. The van der Waals surface area contributed by atoms with E-state index in [9.17, 15) is 4.79 Å². The molecular formula is C6H4Br2N2O. The average molecular weight is 280 g/mol. The van der Waals surface area contributed by atoms with E-state index in [-0.39, 0.29) is 0 Å². The molecule has 1 heterocycles. The molecule has 1 aromatic rings. The van der Waals surface area contributed by atoms with Crippen LogP contribution in [0, 0.1) is 0 Å². The lowest BCUT2D eigenvalue weighted by Crippen LogP contribution is -1.97. The molecule has 0 atom stereocenters. The van der Waals surface area contributed by atoms with Gasteiger partial charge in [-0.3, -0.25) is 4.79 Å². The Kier molecular flexibility index (Phi) is 3.02. The van der Waals surface area contributed by atoms with E-state index in [0.29, 0.717) is 12.2 Å². The Labute approximate surface area is 80.5 Å². The molecule has 1 amide bonds. The van der Waals surface area contributed by atoms with Gasteiger partial charge in [0.15, 0.2) is 0 Å². The number of anilines is 1. The van der Waals surface area contributed by atoms with E-state index in [1.54, 1.807) is 12.3 Å². The lowest BCUT2D eigenvalue weighted by molar-refractivity contribution is -0.105.